The van der Waals surface area contributed by atoms with Gasteiger partial charge in [0.2, 0.25) is 0 Å². The number of thiazole rings is 1. The lowest BCUT2D eigenvalue weighted by atomic mass is 10.2. The lowest BCUT2D eigenvalue weighted by molar-refractivity contribution is -0.0405. The molecule has 0 unspecified atom stereocenters. The Balaban J connectivity index is 1.53. The van der Waals surface area contributed by atoms with Gasteiger partial charge in [-0.1, -0.05) is 6.92 Å². The molecule has 0 spiro atoms. The highest BCUT2D eigenvalue weighted by molar-refractivity contribution is 7.09. The Morgan fingerprint density at radius 3 is 3.24 bits per heavy atom. The molecule has 21 heavy (non-hydrogen) atoms. The van der Waals surface area contributed by atoms with Crippen LogP contribution in [0.2, 0.25) is 0 Å². The average Bonchev–Trinajstić information content (AvgIpc) is 3.12. The fourth-order valence-electron chi connectivity index (χ4n) is 2.55. The number of nitrogens with zero attached hydrogens (tertiary/aromatic N) is 5. The predicted molar refractivity (Wildman–Crippen MR) is 81.1 cm³/mol. The van der Waals surface area contributed by atoms with Gasteiger partial charge in [0.15, 0.2) is 0 Å². The number of ether oxygens (including phenoxy) is 1. The van der Waals surface area contributed by atoms with Gasteiger partial charge in [0, 0.05) is 25.0 Å². The van der Waals surface area contributed by atoms with Crippen LogP contribution in [0, 0.1) is 0 Å². The number of aromatic nitrogens is 4. The van der Waals surface area contributed by atoms with Gasteiger partial charge in [-0.2, -0.15) is 5.10 Å². The molecule has 1 fully saturated rings. The van der Waals surface area contributed by atoms with Crippen LogP contribution in [0.25, 0.3) is 0 Å². The van der Waals surface area contributed by atoms with Crippen LogP contribution in [0.15, 0.2) is 18.0 Å². The molecule has 3 rings (SSSR count). The van der Waals surface area contributed by atoms with E-state index in [-0.39, 0.29) is 6.10 Å². The van der Waals surface area contributed by atoms with Crippen molar-refractivity contribution in [2.75, 3.05) is 19.7 Å². The zero-order valence-corrected chi connectivity index (χ0v) is 13.1. The first-order valence-electron chi connectivity index (χ1n) is 7.43. The van der Waals surface area contributed by atoms with Crippen LogP contribution in [0.1, 0.15) is 24.0 Å². The molecule has 0 aromatic carbocycles. The van der Waals surface area contributed by atoms with E-state index >= 15 is 0 Å². The summed E-state index contributed by atoms with van der Waals surface area (Å²) < 4.78 is 7.64. The van der Waals surface area contributed by atoms with Gasteiger partial charge in [-0.25, -0.2) is 9.97 Å². The van der Waals surface area contributed by atoms with Crippen molar-refractivity contribution in [2.45, 2.75) is 39.0 Å². The summed E-state index contributed by atoms with van der Waals surface area (Å²) in [7, 11) is 0. The number of rotatable bonds is 6. The summed E-state index contributed by atoms with van der Waals surface area (Å²) in [6, 6.07) is 0. The fourth-order valence-corrected chi connectivity index (χ4v) is 3.44. The minimum Gasteiger partial charge on any atom is -0.374 e. The largest absolute Gasteiger partial charge is 0.374 e. The summed E-state index contributed by atoms with van der Waals surface area (Å²) in [6.07, 6.45) is 5.71. The van der Waals surface area contributed by atoms with E-state index in [1.165, 1.54) is 10.7 Å². The molecule has 0 bridgehead atoms. The minimum absolute atomic E-state index is 0.175. The predicted octanol–water partition coefficient (Wildman–Crippen LogP) is 1.59. The van der Waals surface area contributed by atoms with Crippen molar-refractivity contribution in [2.24, 2.45) is 0 Å². The van der Waals surface area contributed by atoms with Crippen molar-refractivity contribution in [1.82, 2.24) is 24.6 Å². The van der Waals surface area contributed by atoms with Crippen LogP contribution in [0.5, 0.6) is 0 Å². The van der Waals surface area contributed by atoms with Crippen molar-refractivity contribution in [3.63, 3.8) is 0 Å². The number of aryl methyl sites for hydroxylation is 1. The van der Waals surface area contributed by atoms with Crippen molar-refractivity contribution < 1.29 is 4.74 Å². The fraction of sp³-hybridized carbons (Fsp3) is 0.643. The lowest BCUT2D eigenvalue weighted by Crippen LogP contribution is -2.43. The summed E-state index contributed by atoms with van der Waals surface area (Å²) in [5, 5.41) is 7.58. The molecule has 0 N–H and O–H groups in total. The average molecular weight is 307 g/mol. The van der Waals surface area contributed by atoms with Gasteiger partial charge in [-0.15, -0.1) is 11.3 Å². The van der Waals surface area contributed by atoms with Crippen LogP contribution in [-0.4, -0.2) is 50.4 Å². The molecule has 1 atom stereocenters. The summed E-state index contributed by atoms with van der Waals surface area (Å²) in [6.45, 7) is 6.52. The monoisotopic (exact) mass is 307 g/mol. The number of hydrogen-bond acceptors (Lipinski definition) is 6. The van der Waals surface area contributed by atoms with E-state index in [2.05, 4.69) is 27.3 Å². The molecule has 0 aliphatic carbocycles. The van der Waals surface area contributed by atoms with E-state index in [0.29, 0.717) is 0 Å². The molecular weight excluding hydrogens is 286 g/mol. The Hall–Kier alpha value is -1.31. The molecule has 1 saturated heterocycles. The Morgan fingerprint density at radius 1 is 1.48 bits per heavy atom. The molecule has 2 aromatic heterocycles. The van der Waals surface area contributed by atoms with Gasteiger partial charge in [0.1, 0.15) is 12.7 Å². The molecule has 1 aliphatic heterocycles. The van der Waals surface area contributed by atoms with E-state index < -0.39 is 0 Å². The highest BCUT2D eigenvalue weighted by Gasteiger charge is 2.21. The molecule has 0 amide bonds. The van der Waals surface area contributed by atoms with E-state index in [1.807, 2.05) is 4.68 Å². The SMILES string of the molecule is CCCc1nc(CN2CCO[C@@H](Cn3cncn3)C2)cs1. The maximum atomic E-state index is 5.81. The summed E-state index contributed by atoms with van der Waals surface area (Å²) in [4.78, 5) is 11.1. The second kappa shape index (κ2) is 7.11. The smallest absolute Gasteiger partial charge is 0.137 e. The first-order chi connectivity index (χ1) is 10.3. The van der Waals surface area contributed by atoms with E-state index in [0.717, 1.165) is 45.6 Å². The minimum atomic E-state index is 0.175. The molecule has 3 heterocycles. The Labute approximate surface area is 128 Å². The van der Waals surface area contributed by atoms with Gasteiger partial charge in [-0.3, -0.25) is 9.58 Å². The third-order valence-corrected chi connectivity index (χ3v) is 4.49. The number of morpholine rings is 1. The number of hydrogen-bond donors (Lipinski definition) is 0. The quantitative estimate of drug-likeness (QED) is 0.811. The zero-order chi connectivity index (χ0) is 14.5. The summed E-state index contributed by atoms with van der Waals surface area (Å²) in [5.74, 6) is 0. The van der Waals surface area contributed by atoms with Gasteiger partial charge in [0.05, 0.1) is 30.0 Å². The van der Waals surface area contributed by atoms with E-state index in [9.17, 15) is 0 Å². The van der Waals surface area contributed by atoms with Crippen LogP contribution >= 0.6 is 11.3 Å². The van der Waals surface area contributed by atoms with Gasteiger partial charge in [0.25, 0.3) is 0 Å². The maximum absolute atomic E-state index is 5.81. The third kappa shape index (κ3) is 4.09. The van der Waals surface area contributed by atoms with Gasteiger partial charge in [-0.05, 0) is 12.8 Å². The normalized spacial score (nSPS) is 20.0. The molecule has 6 nitrogen and oxygen atoms in total. The molecule has 0 radical (unpaired) electrons. The third-order valence-electron chi connectivity index (χ3n) is 3.53. The standard InChI is InChI=1S/C14H21N5OS/c1-2-3-14-17-12(9-21-14)6-18-4-5-20-13(7-18)8-19-11-15-10-16-19/h9-11,13H,2-8H2,1H3/t13-/m1/s1. The first-order valence-corrected chi connectivity index (χ1v) is 8.31. The summed E-state index contributed by atoms with van der Waals surface area (Å²) in [5.41, 5.74) is 1.19. The topological polar surface area (TPSA) is 56.1 Å². The van der Waals surface area contributed by atoms with E-state index in [4.69, 9.17) is 9.72 Å². The molecule has 0 saturated carbocycles. The lowest BCUT2D eigenvalue weighted by Gasteiger charge is -2.32. The van der Waals surface area contributed by atoms with Crippen molar-refractivity contribution in [1.29, 1.82) is 0 Å². The second-order valence-electron chi connectivity index (χ2n) is 5.33. The molecule has 7 heteroatoms. The summed E-state index contributed by atoms with van der Waals surface area (Å²) >= 11 is 1.78. The van der Waals surface area contributed by atoms with Crippen LogP contribution in [0.3, 0.4) is 0 Å². The second-order valence-corrected chi connectivity index (χ2v) is 6.27. The van der Waals surface area contributed by atoms with Crippen molar-refractivity contribution in [3.8, 4) is 0 Å². The van der Waals surface area contributed by atoms with Gasteiger partial charge >= 0.3 is 0 Å². The van der Waals surface area contributed by atoms with E-state index in [1.54, 1.807) is 24.0 Å². The molecule has 2 aromatic rings. The first kappa shape index (κ1) is 14.6. The Kier molecular flexibility index (Phi) is 4.95. The van der Waals surface area contributed by atoms with Gasteiger partial charge < -0.3 is 4.74 Å². The molecule has 1 aliphatic rings. The van der Waals surface area contributed by atoms with Crippen LogP contribution < -0.4 is 0 Å². The van der Waals surface area contributed by atoms with Crippen molar-refractivity contribution >= 4 is 11.3 Å². The highest BCUT2D eigenvalue weighted by atomic mass is 32.1. The molecular formula is C14H21N5OS. The van der Waals surface area contributed by atoms with Crippen LogP contribution in [0.4, 0.5) is 0 Å². The zero-order valence-electron chi connectivity index (χ0n) is 12.3. The Morgan fingerprint density at radius 2 is 2.43 bits per heavy atom. The van der Waals surface area contributed by atoms with Crippen molar-refractivity contribution in [3.05, 3.63) is 28.7 Å². The maximum Gasteiger partial charge on any atom is 0.137 e. The highest BCUT2D eigenvalue weighted by Crippen LogP contribution is 2.15. The molecule has 114 valence electrons. The van der Waals surface area contributed by atoms with Crippen LogP contribution in [-0.2, 0) is 24.2 Å². The Bertz CT molecular complexity index is 541.